The number of piperazine rings is 1. The smallest absolute Gasteiger partial charge is 0.242 e. The van der Waals surface area contributed by atoms with Crippen LogP contribution in [0.5, 0.6) is 0 Å². The number of nitrogens with one attached hydrogen (secondary N) is 1. The van der Waals surface area contributed by atoms with E-state index in [1.54, 1.807) is 17.3 Å². The fourth-order valence-corrected chi connectivity index (χ4v) is 4.40. The third kappa shape index (κ3) is 4.66. The number of hydrogen-bond donors (Lipinski definition) is 1. The summed E-state index contributed by atoms with van der Waals surface area (Å²) in [5, 5.41) is 3.28. The number of fused-ring (bicyclic) bond motifs is 1. The topological polar surface area (TPSA) is 69.0 Å². The summed E-state index contributed by atoms with van der Waals surface area (Å²) < 4.78 is 29.3. The monoisotopic (exact) mass is 491 g/mol. The number of aromatic nitrogens is 3. The first-order valence-corrected chi connectivity index (χ1v) is 11.7. The van der Waals surface area contributed by atoms with Gasteiger partial charge in [0, 0.05) is 70.0 Å². The first-order valence-electron chi connectivity index (χ1n) is 11.7. The van der Waals surface area contributed by atoms with E-state index < -0.39 is 11.6 Å². The van der Waals surface area contributed by atoms with Crippen LogP contribution in [0.4, 0.5) is 26.0 Å². The molecule has 0 saturated carbocycles. The number of amides is 1. The number of hydrogen-bond acceptors (Lipinski definition) is 6. The van der Waals surface area contributed by atoms with E-state index in [-0.39, 0.29) is 12.5 Å². The number of benzene rings is 2. The number of carbonyl (C=O) groups excluding carboxylic acids is 1. The lowest BCUT2D eigenvalue weighted by molar-refractivity contribution is -0.129. The Morgan fingerprint density at radius 2 is 1.81 bits per heavy atom. The summed E-state index contributed by atoms with van der Waals surface area (Å²) in [6, 6.07) is 11.6. The fraction of sp³-hybridized carbons (Fsp3) is 0.269. The van der Waals surface area contributed by atoms with Crippen molar-refractivity contribution in [1.29, 1.82) is 0 Å². The molecule has 10 heteroatoms. The van der Waals surface area contributed by atoms with Gasteiger partial charge in [-0.1, -0.05) is 12.1 Å². The maximum atomic E-state index is 14.1. The summed E-state index contributed by atoms with van der Waals surface area (Å²) in [5.74, 6) is -0.547. The van der Waals surface area contributed by atoms with E-state index in [2.05, 4.69) is 10.3 Å². The zero-order chi connectivity index (χ0) is 25.2. The average molecular weight is 492 g/mol. The van der Waals surface area contributed by atoms with Gasteiger partial charge in [0.2, 0.25) is 5.91 Å². The minimum atomic E-state index is -0.604. The van der Waals surface area contributed by atoms with Gasteiger partial charge in [0.15, 0.2) is 5.65 Å². The lowest BCUT2D eigenvalue weighted by Gasteiger charge is -2.36. The third-order valence-corrected chi connectivity index (χ3v) is 6.38. The molecule has 36 heavy (non-hydrogen) atoms. The van der Waals surface area contributed by atoms with E-state index in [1.807, 2.05) is 58.8 Å². The van der Waals surface area contributed by atoms with Gasteiger partial charge in [0.1, 0.15) is 23.1 Å². The van der Waals surface area contributed by atoms with Crippen molar-refractivity contribution >= 4 is 28.7 Å². The maximum absolute atomic E-state index is 14.1. The number of carbonyl (C=O) groups is 1. The normalized spacial score (nSPS) is 13.8. The summed E-state index contributed by atoms with van der Waals surface area (Å²) in [7, 11) is 3.97. The van der Waals surface area contributed by atoms with E-state index in [4.69, 9.17) is 4.98 Å². The molecule has 0 radical (unpaired) electrons. The van der Waals surface area contributed by atoms with Gasteiger partial charge in [-0.25, -0.2) is 13.8 Å². The SMILES string of the molecule is CN(C)c1ccc(-c2nc3cnccn3c2NCC(=O)N2CCN(c3ccc(F)cc3F)CC2)cc1. The van der Waals surface area contributed by atoms with Crippen LogP contribution in [-0.2, 0) is 4.79 Å². The highest BCUT2D eigenvalue weighted by atomic mass is 19.1. The summed E-state index contributed by atoms with van der Waals surface area (Å²) in [4.78, 5) is 27.5. The Labute approximate surface area is 207 Å². The van der Waals surface area contributed by atoms with E-state index >= 15 is 0 Å². The molecule has 8 nitrogen and oxygen atoms in total. The van der Waals surface area contributed by atoms with Crippen molar-refractivity contribution in [2.75, 3.05) is 61.9 Å². The predicted octanol–water partition coefficient (Wildman–Crippen LogP) is 3.50. The molecule has 0 unspecified atom stereocenters. The van der Waals surface area contributed by atoms with Crippen LogP contribution >= 0.6 is 0 Å². The Morgan fingerprint density at radius 1 is 1.06 bits per heavy atom. The van der Waals surface area contributed by atoms with Gasteiger partial charge in [0.05, 0.1) is 18.4 Å². The van der Waals surface area contributed by atoms with Crippen LogP contribution in [0.1, 0.15) is 0 Å². The van der Waals surface area contributed by atoms with Crippen molar-refractivity contribution in [2.45, 2.75) is 0 Å². The molecule has 4 aromatic rings. The largest absolute Gasteiger partial charge is 0.378 e. The molecule has 1 amide bonds. The van der Waals surface area contributed by atoms with Crippen molar-refractivity contribution in [3.8, 4) is 11.3 Å². The summed E-state index contributed by atoms with van der Waals surface area (Å²) in [6.07, 6.45) is 5.16. The van der Waals surface area contributed by atoms with Gasteiger partial charge < -0.3 is 20.0 Å². The first-order chi connectivity index (χ1) is 17.4. The molecule has 1 N–H and O–H groups in total. The van der Waals surface area contributed by atoms with Crippen molar-refractivity contribution in [1.82, 2.24) is 19.3 Å². The molecule has 0 aliphatic carbocycles. The second-order valence-electron chi connectivity index (χ2n) is 8.87. The highest BCUT2D eigenvalue weighted by Gasteiger charge is 2.24. The molecule has 0 atom stereocenters. The molecule has 2 aromatic carbocycles. The second-order valence-corrected chi connectivity index (χ2v) is 8.87. The van der Waals surface area contributed by atoms with Crippen molar-refractivity contribution in [2.24, 2.45) is 0 Å². The quantitative estimate of drug-likeness (QED) is 0.445. The second kappa shape index (κ2) is 9.80. The molecule has 5 rings (SSSR count). The van der Waals surface area contributed by atoms with Crippen LogP contribution in [0.15, 0.2) is 61.1 Å². The number of rotatable bonds is 6. The van der Waals surface area contributed by atoms with Crippen molar-refractivity contribution in [3.05, 3.63) is 72.7 Å². The Hall–Kier alpha value is -4.21. The Bertz CT molecular complexity index is 1380. The van der Waals surface area contributed by atoms with Crippen LogP contribution in [0.25, 0.3) is 16.9 Å². The molecule has 1 fully saturated rings. The molecule has 1 aliphatic rings. The Balaban J connectivity index is 1.29. The standard InChI is InChI=1S/C26H27F2N7O/c1-32(2)20-6-3-18(4-7-20)25-26(35-10-9-29-16-23(35)31-25)30-17-24(36)34-13-11-33(12-14-34)22-8-5-19(27)15-21(22)28/h3-10,15-16,30H,11-14,17H2,1-2H3. The van der Waals surface area contributed by atoms with Crippen LogP contribution in [0, 0.1) is 11.6 Å². The molecule has 2 aromatic heterocycles. The molecular weight excluding hydrogens is 464 g/mol. The summed E-state index contributed by atoms with van der Waals surface area (Å²) in [5.41, 5.74) is 3.76. The van der Waals surface area contributed by atoms with Crippen LogP contribution in [-0.4, -0.2) is 72.0 Å². The van der Waals surface area contributed by atoms with Gasteiger partial charge >= 0.3 is 0 Å². The number of halogens is 2. The molecule has 1 saturated heterocycles. The average Bonchev–Trinajstić information content (AvgIpc) is 3.26. The maximum Gasteiger partial charge on any atom is 0.242 e. The molecule has 0 bridgehead atoms. The predicted molar refractivity (Wildman–Crippen MR) is 136 cm³/mol. The highest BCUT2D eigenvalue weighted by Crippen LogP contribution is 2.30. The number of anilines is 3. The van der Waals surface area contributed by atoms with Crippen molar-refractivity contribution < 1.29 is 13.6 Å². The minimum Gasteiger partial charge on any atom is -0.378 e. The van der Waals surface area contributed by atoms with Gasteiger partial charge in [-0.2, -0.15) is 0 Å². The first kappa shape index (κ1) is 23.5. The molecule has 0 spiro atoms. The van der Waals surface area contributed by atoms with Gasteiger partial charge in [-0.3, -0.25) is 14.2 Å². The third-order valence-electron chi connectivity index (χ3n) is 6.38. The molecular formula is C26H27F2N7O. The summed E-state index contributed by atoms with van der Waals surface area (Å²) in [6.45, 7) is 1.93. The lowest BCUT2D eigenvalue weighted by Crippen LogP contribution is -2.50. The summed E-state index contributed by atoms with van der Waals surface area (Å²) >= 11 is 0. The Morgan fingerprint density at radius 3 is 2.50 bits per heavy atom. The number of nitrogens with zero attached hydrogens (tertiary/aromatic N) is 6. The van der Waals surface area contributed by atoms with E-state index in [1.165, 1.54) is 12.1 Å². The van der Waals surface area contributed by atoms with E-state index in [0.29, 0.717) is 43.3 Å². The van der Waals surface area contributed by atoms with Gasteiger partial charge in [-0.15, -0.1) is 0 Å². The Kier molecular flexibility index (Phi) is 6.41. The van der Waals surface area contributed by atoms with Gasteiger partial charge in [-0.05, 0) is 24.3 Å². The highest BCUT2D eigenvalue weighted by molar-refractivity contribution is 5.84. The van der Waals surface area contributed by atoms with Crippen LogP contribution < -0.4 is 15.1 Å². The number of imidazole rings is 1. The van der Waals surface area contributed by atoms with Crippen LogP contribution in [0.2, 0.25) is 0 Å². The van der Waals surface area contributed by atoms with Gasteiger partial charge in [0.25, 0.3) is 0 Å². The van der Waals surface area contributed by atoms with E-state index in [0.717, 1.165) is 23.0 Å². The zero-order valence-electron chi connectivity index (χ0n) is 20.2. The molecule has 3 heterocycles. The lowest BCUT2D eigenvalue weighted by atomic mass is 10.1. The zero-order valence-corrected chi connectivity index (χ0v) is 20.2. The van der Waals surface area contributed by atoms with Crippen LogP contribution in [0.3, 0.4) is 0 Å². The minimum absolute atomic E-state index is 0.0628. The molecule has 1 aliphatic heterocycles. The van der Waals surface area contributed by atoms with E-state index in [9.17, 15) is 13.6 Å². The fourth-order valence-electron chi connectivity index (χ4n) is 4.40. The van der Waals surface area contributed by atoms with Crippen molar-refractivity contribution in [3.63, 3.8) is 0 Å². The molecule has 186 valence electrons.